The van der Waals surface area contributed by atoms with Gasteiger partial charge in [-0.25, -0.2) is 0 Å². The van der Waals surface area contributed by atoms with Gasteiger partial charge in [0.05, 0.1) is 26.3 Å². The van der Waals surface area contributed by atoms with E-state index in [-0.39, 0.29) is 0 Å². The lowest BCUT2D eigenvalue weighted by molar-refractivity contribution is -0.906. The van der Waals surface area contributed by atoms with Crippen molar-refractivity contribution in [2.45, 2.75) is 6.92 Å². The Labute approximate surface area is 124 Å². The quantitative estimate of drug-likeness (QED) is 0.621. The highest BCUT2D eigenvalue weighted by Gasteiger charge is 2.16. The third-order valence-corrected chi connectivity index (χ3v) is 3.48. The van der Waals surface area contributed by atoms with Gasteiger partial charge >= 0.3 is 11.8 Å². The monoisotopic (exact) mass is 292 g/mol. The lowest BCUT2D eigenvalue weighted by Gasteiger charge is -2.23. The molecule has 6 heteroatoms. The average molecular weight is 292 g/mol. The first-order chi connectivity index (χ1) is 10.1. The van der Waals surface area contributed by atoms with Crippen LogP contribution >= 0.6 is 0 Å². The van der Waals surface area contributed by atoms with Gasteiger partial charge in [-0.2, -0.15) is 0 Å². The fourth-order valence-corrected chi connectivity index (χ4v) is 2.17. The van der Waals surface area contributed by atoms with E-state index in [4.69, 9.17) is 4.74 Å². The van der Waals surface area contributed by atoms with Crippen molar-refractivity contribution in [3.63, 3.8) is 0 Å². The predicted molar refractivity (Wildman–Crippen MR) is 79.2 cm³/mol. The zero-order valence-electron chi connectivity index (χ0n) is 12.3. The number of hydrogen-bond donors (Lipinski definition) is 3. The van der Waals surface area contributed by atoms with Crippen LogP contribution in [0.4, 0.5) is 5.69 Å². The standard InChI is InChI=1S/C15H21N3O3/c1-12-2-4-13(5-3-12)17-15(20)14(19)16-6-7-18-8-10-21-11-9-18/h2-5H,6-11H2,1H3,(H,16,19)(H,17,20)/p+1. The molecule has 0 atom stereocenters. The van der Waals surface area contributed by atoms with E-state index in [1.165, 1.54) is 4.90 Å². The number of aryl methyl sites for hydroxylation is 1. The number of carbonyl (C=O) groups is 2. The third-order valence-electron chi connectivity index (χ3n) is 3.48. The summed E-state index contributed by atoms with van der Waals surface area (Å²) < 4.78 is 5.27. The van der Waals surface area contributed by atoms with Crippen LogP contribution in [0.3, 0.4) is 0 Å². The topological polar surface area (TPSA) is 71.9 Å². The number of carbonyl (C=O) groups excluding carboxylic acids is 2. The molecule has 3 N–H and O–H groups in total. The maximum absolute atomic E-state index is 11.7. The minimum atomic E-state index is -0.629. The summed E-state index contributed by atoms with van der Waals surface area (Å²) >= 11 is 0. The molecular formula is C15H22N3O3+. The molecule has 1 aromatic carbocycles. The van der Waals surface area contributed by atoms with Crippen LogP contribution in [0.2, 0.25) is 0 Å². The Bertz CT molecular complexity index is 481. The number of hydrogen-bond acceptors (Lipinski definition) is 3. The normalized spacial score (nSPS) is 15.5. The molecule has 0 spiro atoms. The van der Waals surface area contributed by atoms with Gasteiger partial charge < -0.3 is 20.3 Å². The first kappa shape index (κ1) is 15.5. The minimum absolute atomic E-state index is 0.496. The summed E-state index contributed by atoms with van der Waals surface area (Å²) in [5.41, 5.74) is 1.73. The van der Waals surface area contributed by atoms with Gasteiger partial charge in [0.1, 0.15) is 13.1 Å². The van der Waals surface area contributed by atoms with E-state index in [1.807, 2.05) is 19.1 Å². The van der Waals surface area contributed by atoms with Crippen LogP contribution in [0.15, 0.2) is 24.3 Å². The lowest BCUT2D eigenvalue weighted by Crippen LogP contribution is -3.14. The minimum Gasteiger partial charge on any atom is -0.370 e. The highest BCUT2D eigenvalue weighted by molar-refractivity contribution is 6.39. The van der Waals surface area contributed by atoms with Crippen LogP contribution in [0, 0.1) is 6.92 Å². The molecule has 0 aliphatic carbocycles. The molecule has 1 saturated heterocycles. The summed E-state index contributed by atoms with van der Waals surface area (Å²) in [5, 5.41) is 5.23. The van der Waals surface area contributed by atoms with Crippen molar-refractivity contribution in [2.75, 3.05) is 44.7 Å². The van der Waals surface area contributed by atoms with Crippen LogP contribution in [-0.4, -0.2) is 51.2 Å². The zero-order chi connectivity index (χ0) is 15.1. The molecule has 6 nitrogen and oxygen atoms in total. The first-order valence-electron chi connectivity index (χ1n) is 7.22. The number of benzene rings is 1. The molecule has 0 saturated carbocycles. The molecule has 114 valence electrons. The zero-order valence-corrected chi connectivity index (χ0v) is 12.3. The summed E-state index contributed by atoms with van der Waals surface area (Å²) in [6.07, 6.45) is 0. The molecule has 1 aliphatic rings. The van der Waals surface area contributed by atoms with Gasteiger partial charge in [-0.15, -0.1) is 0 Å². The molecule has 2 amide bonds. The first-order valence-corrected chi connectivity index (χ1v) is 7.22. The Morgan fingerprint density at radius 2 is 1.81 bits per heavy atom. The molecule has 0 bridgehead atoms. The van der Waals surface area contributed by atoms with Gasteiger partial charge in [-0.1, -0.05) is 17.7 Å². The van der Waals surface area contributed by atoms with Gasteiger partial charge in [0.25, 0.3) is 0 Å². The van der Waals surface area contributed by atoms with Gasteiger partial charge in [0.2, 0.25) is 0 Å². The van der Waals surface area contributed by atoms with E-state index in [9.17, 15) is 9.59 Å². The maximum Gasteiger partial charge on any atom is 0.313 e. The lowest BCUT2D eigenvalue weighted by atomic mass is 10.2. The summed E-state index contributed by atoms with van der Waals surface area (Å²) in [7, 11) is 0. The van der Waals surface area contributed by atoms with Crippen LogP contribution in [0.25, 0.3) is 0 Å². The number of amides is 2. The molecule has 1 fully saturated rings. The Balaban J connectivity index is 1.69. The molecular weight excluding hydrogens is 270 g/mol. The fraction of sp³-hybridized carbons (Fsp3) is 0.467. The highest BCUT2D eigenvalue weighted by Crippen LogP contribution is 2.07. The average Bonchev–Trinajstić information content (AvgIpc) is 2.50. The predicted octanol–water partition coefficient (Wildman–Crippen LogP) is -1.04. The Morgan fingerprint density at radius 3 is 2.48 bits per heavy atom. The van der Waals surface area contributed by atoms with Crippen LogP contribution in [0.1, 0.15) is 5.56 Å². The smallest absolute Gasteiger partial charge is 0.313 e. The van der Waals surface area contributed by atoms with Gasteiger partial charge in [0.15, 0.2) is 0 Å². The summed E-state index contributed by atoms with van der Waals surface area (Å²) in [5.74, 6) is -1.22. The van der Waals surface area contributed by atoms with E-state index in [2.05, 4.69) is 10.6 Å². The second-order valence-electron chi connectivity index (χ2n) is 5.19. The van der Waals surface area contributed by atoms with Crippen molar-refractivity contribution < 1.29 is 19.2 Å². The summed E-state index contributed by atoms with van der Waals surface area (Å²) in [6.45, 7) is 6.69. The van der Waals surface area contributed by atoms with E-state index in [1.54, 1.807) is 12.1 Å². The Kier molecular flexibility index (Phi) is 5.71. The van der Waals surface area contributed by atoms with Crippen molar-refractivity contribution in [2.24, 2.45) is 0 Å². The number of anilines is 1. The summed E-state index contributed by atoms with van der Waals surface area (Å²) in [4.78, 5) is 24.8. The number of ether oxygens (including phenoxy) is 1. The summed E-state index contributed by atoms with van der Waals surface area (Å²) in [6, 6.07) is 7.32. The van der Waals surface area contributed by atoms with Crippen LogP contribution in [0.5, 0.6) is 0 Å². The molecule has 1 aliphatic heterocycles. The fourth-order valence-electron chi connectivity index (χ4n) is 2.17. The van der Waals surface area contributed by atoms with Crippen molar-refractivity contribution in [1.29, 1.82) is 0 Å². The van der Waals surface area contributed by atoms with Crippen LogP contribution in [-0.2, 0) is 14.3 Å². The molecule has 0 aromatic heterocycles. The van der Waals surface area contributed by atoms with Crippen molar-refractivity contribution in [3.05, 3.63) is 29.8 Å². The SMILES string of the molecule is Cc1ccc(NC(=O)C(=O)NCC[NH+]2CCOCC2)cc1. The molecule has 1 aromatic rings. The Morgan fingerprint density at radius 1 is 1.14 bits per heavy atom. The number of quaternary nitrogens is 1. The maximum atomic E-state index is 11.7. The number of nitrogens with one attached hydrogen (secondary N) is 3. The van der Waals surface area contributed by atoms with E-state index >= 15 is 0 Å². The van der Waals surface area contributed by atoms with Crippen molar-refractivity contribution >= 4 is 17.5 Å². The van der Waals surface area contributed by atoms with Gasteiger partial charge in [-0.3, -0.25) is 9.59 Å². The number of rotatable bonds is 4. The van der Waals surface area contributed by atoms with Crippen molar-refractivity contribution in [1.82, 2.24) is 5.32 Å². The molecule has 0 radical (unpaired) electrons. The molecule has 21 heavy (non-hydrogen) atoms. The largest absolute Gasteiger partial charge is 0.370 e. The third kappa shape index (κ3) is 5.17. The van der Waals surface area contributed by atoms with E-state index < -0.39 is 11.8 Å². The second-order valence-corrected chi connectivity index (χ2v) is 5.19. The molecule has 2 rings (SSSR count). The number of morpholine rings is 1. The highest BCUT2D eigenvalue weighted by atomic mass is 16.5. The Hall–Kier alpha value is -1.92. The van der Waals surface area contributed by atoms with E-state index in [0.29, 0.717) is 12.2 Å². The van der Waals surface area contributed by atoms with Crippen molar-refractivity contribution in [3.8, 4) is 0 Å². The van der Waals surface area contributed by atoms with E-state index in [0.717, 1.165) is 38.4 Å². The van der Waals surface area contributed by atoms with Gasteiger partial charge in [0, 0.05) is 5.69 Å². The van der Waals surface area contributed by atoms with Gasteiger partial charge in [-0.05, 0) is 19.1 Å². The second kappa shape index (κ2) is 7.75. The molecule has 0 unspecified atom stereocenters. The van der Waals surface area contributed by atoms with Crippen LogP contribution < -0.4 is 15.5 Å². The molecule has 1 heterocycles.